The van der Waals surface area contributed by atoms with Gasteiger partial charge in [-0.1, -0.05) is 60.7 Å². The highest BCUT2D eigenvalue weighted by Crippen LogP contribution is 2.13. The Morgan fingerprint density at radius 3 is 2.10 bits per heavy atom. The molecule has 0 saturated heterocycles. The zero-order chi connectivity index (χ0) is 21.2. The molecular formula is C25H25NO4. The summed E-state index contributed by atoms with van der Waals surface area (Å²) in [6, 6.07) is 25.5. The molecule has 3 rings (SSSR count). The SMILES string of the molecule is CCOC(=O)C(Cc1ccccc1)NC(=O)c1ccc(COc2ccccc2)cc1. The lowest BCUT2D eigenvalue weighted by molar-refractivity contribution is -0.145. The van der Waals surface area contributed by atoms with Crippen molar-refractivity contribution >= 4 is 11.9 Å². The highest BCUT2D eigenvalue weighted by atomic mass is 16.5. The number of benzene rings is 3. The number of ether oxygens (including phenoxy) is 2. The van der Waals surface area contributed by atoms with E-state index in [0.29, 0.717) is 18.6 Å². The Hall–Kier alpha value is -3.60. The van der Waals surface area contributed by atoms with Crippen LogP contribution in [0.3, 0.4) is 0 Å². The van der Waals surface area contributed by atoms with Gasteiger partial charge in [-0.2, -0.15) is 0 Å². The number of nitrogens with one attached hydrogen (secondary N) is 1. The fraction of sp³-hybridized carbons (Fsp3) is 0.200. The van der Waals surface area contributed by atoms with Crippen molar-refractivity contribution in [3.8, 4) is 5.75 Å². The maximum absolute atomic E-state index is 12.7. The molecule has 0 aromatic heterocycles. The zero-order valence-corrected chi connectivity index (χ0v) is 16.9. The number of amides is 1. The Morgan fingerprint density at radius 2 is 1.47 bits per heavy atom. The number of carbonyl (C=O) groups excluding carboxylic acids is 2. The number of hydrogen-bond donors (Lipinski definition) is 1. The van der Waals surface area contributed by atoms with Gasteiger partial charge in [0.1, 0.15) is 18.4 Å². The highest BCUT2D eigenvalue weighted by Gasteiger charge is 2.23. The topological polar surface area (TPSA) is 64.6 Å². The summed E-state index contributed by atoms with van der Waals surface area (Å²) < 4.78 is 10.9. The minimum Gasteiger partial charge on any atom is -0.489 e. The van der Waals surface area contributed by atoms with Crippen molar-refractivity contribution in [1.82, 2.24) is 5.32 Å². The van der Waals surface area contributed by atoms with Crippen LogP contribution in [0.1, 0.15) is 28.4 Å². The molecule has 3 aromatic carbocycles. The van der Waals surface area contributed by atoms with Gasteiger partial charge in [0.15, 0.2) is 0 Å². The summed E-state index contributed by atoms with van der Waals surface area (Å²) in [4.78, 5) is 25.0. The van der Waals surface area contributed by atoms with Gasteiger partial charge in [0.2, 0.25) is 0 Å². The lowest BCUT2D eigenvalue weighted by Gasteiger charge is -2.17. The van der Waals surface area contributed by atoms with Crippen LogP contribution in [0, 0.1) is 0 Å². The summed E-state index contributed by atoms with van der Waals surface area (Å²) in [5.74, 6) is 0.0274. The molecule has 5 nitrogen and oxygen atoms in total. The van der Waals surface area contributed by atoms with Crippen molar-refractivity contribution < 1.29 is 19.1 Å². The minimum absolute atomic E-state index is 0.260. The maximum Gasteiger partial charge on any atom is 0.328 e. The maximum atomic E-state index is 12.7. The molecule has 1 atom stereocenters. The third-order valence-corrected chi connectivity index (χ3v) is 4.52. The lowest BCUT2D eigenvalue weighted by Crippen LogP contribution is -2.43. The van der Waals surface area contributed by atoms with Crippen molar-refractivity contribution in [2.75, 3.05) is 6.61 Å². The quantitative estimate of drug-likeness (QED) is 0.545. The van der Waals surface area contributed by atoms with E-state index < -0.39 is 12.0 Å². The molecule has 30 heavy (non-hydrogen) atoms. The smallest absolute Gasteiger partial charge is 0.328 e. The minimum atomic E-state index is -0.749. The summed E-state index contributed by atoms with van der Waals surface area (Å²) in [5, 5.41) is 2.80. The molecule has 0 spiro atoms. The normalized spacial score (nSPS) is 11.4. The van der Waals surface area contributed by atoms with Crippen LogP contribution >= 0.6 is 0 Å². The van der Waals surface area contributed by atoms with Crippen LogP contribution in [-0.2, 0) is 22.6 Å². The Kier molecular flexibility index (Phi) is 7.61. The van der Waals surface area contributed by atoms with Gasteiger partial charge in [-0.15, -0.1) is 0 Å². The van der Waals surface area contributed by atoms with E-state index in [0.717, 1.165) is 16.9 Å². The third kappa shape index (κ3) is 6.21. The summed E-state index contributed by atoms with van der Waals surface area (Å²) in [5.41, 5.74) is 2.37. The Morgan fingerprint density at radius 1 is 0.833 bits per heavy atom. The molecule has 0 aliphatic rings. The summed E-state index contributed by atoms with van der Waals surface area (Å²) in [6.45, 7) is 2.41. The van der Waals surface area contributed by atoms with E-state index in [4.69, 9.17) is 9.47 Å². The molecular weight excluding hydrogens is 378 g/mol. The second-order valence-electron chi connectivity index (χ2n) is 6.77. The highest BCUT2D eigenvalue weighted by molar-refractivity contribution is 5.96. The van der Waals surface area contributed by atoms with Gasteiger partial charge in [0.05, 0.1) is 6.61 Å². The number of rotatable bonds is 9. The van der Waals surface area contributed by atoms with E-state index in [-0.39, 0.29) is 12.5 Å². The van der Waals surface area contributed by atoms with Gasteiger partial charge in [-0.3, -0.25) is 4.79 Å². The monoisotopic (exact) mass is 403 g/mol. The summed E-state index contributed by atoms with van der Waals surface area (Å²) >= 11 is 0. The van der Waals surface area contributed by atoms with Gasteiger partial charge in [-0.25, -0.2) is 4.79 Å². The summed E-state index contributed by atoms with van der Waals surface area (Å²) in [7, 11) is 0. The molecule has 0 bridgehead atoms. The number of carbonyl (C=O) groups is 2. The predicted octanol–water partition coefficient (Wildman–Crippen LogP) is 4.17. The van der Waals surface area contributed by atoms with Gasteiger partial charge < -0.3 is 14.8 Å². The van der Waals surface area contributed by atoms with Crippen LogP contribution in [-0.4, -0.2) is 24.5 Å². The number of hydrogen-bond acceptors (Lipinski definition) is 4. The van der Waals surface area contributed by atoms with Crippen LogP contribution in [0.15, 0.2) is 84.9 Å². The standard InChI is InChI=1S/C25H25NO4/c1-2-29-25(28)23(17-19-9-5-3-6-10-19)26-24(27)21-15-13-20(14-16-21)18-30-22-11-7-4-8-12-22/h3-16,23H,2,17-18H2,1H3,(H,26,27). The fourth-order valence-corrected chi connectivity index (χ4v) is 2.96. The van der Waals surface area contributed by atoms with Crippen LogP contribution in [0.4, 0.5) is 0 Å². The first-order valence-corrected chi connectivity index (χ1v) is 9.94. The van der Waals surface area contributed by atoms with Crippen LogP contribution in [0.2, 0.25) is 0 Å². The molecule has 5 heteroatoms. The lowest BCUT2D eigenvalue weighted by atomic mass is 10.1. The van der Waals surface area contributed by atoms with Crippen molar-refractivity contribution in [3.05, 3.63) is 102 Å². The van der Waals surface area contributed by atoms with Gasteiger partial charge in [0, 0.05) is 12.0 Å². The molecule has 3 aromatic rings. The van der Waals surface area contributed by atoms with E-state index >= 15 is 0 Å². The van der Waals surface area contributed by atoms with E-state index in [1.54, 1.807) is 19.1 Å². The molecule has 1 N–H and O–H groups in total. The average Bonchev–Trinajstić information content (AvgIpc) is 2.79. The van der Waals surface area contributed by atoms with Crippen LogP contribution in [0.25, 0.3) is 0 Å². The predicted molar refractivity (Wildman–Crippen MR) is 115 cm³/mol. The second kappa shape index (κ2) is 10.8. The van der Waals surface area contributed by atoms with E-state index in [9.17, 15) is 9.59 Å². The number of esters is 1. The van der Waals surface area contributed by atoms with Crippen molar-refractivity contribution in [1.29, 1.82) is 0 Å². The largest absolute Gasteiger partial charge is 0.489 e. The Bertz CT molecular complexity index is 940. The molecule has 1 amide bonds. The van der Waals surface area contributed by atoms with Gasteiger partial charge >= 0.3 is 5.97 Å². The number of para-hydroxylation sites is 1. The average molecular weight is 403 g/mol. The van der Waals surface area contributed by atoms with Crippen LogP contribution in [0.5, 0.6) is 5.75 Å². The van der Waals surface area contributed by atoms with Crippen LogP contribution < -0.4 is 10.1 Å². The molecule has 0 radical (unpaired) electrons. The Labute approximate surface area is 176 Å². The Balaban J connectivity index is 1.62. The summed E-state index contributed by atoms with van der Waals surface area (Å²) in [6.07, 6.45) is 0.369. The van der Waals surface area contributed by atoms with E-state index in [1.807, 2.05) is 72.8 Å². The molecule has 0 aliphatic heterocycles. The van der Waals surface area contributed by atoms with E-state index in [2.05, 4.69) is 5.32 Å². The first-order chi connectivity index (χ1) is 14.7. The van der Waals surface area contributed by atoms with Crippen molar-refractivity contribution in [2.45, 2.75) is 26.0 Å². The first-order valence-electron chi connectivity index (χ1n) is 9.94. The fourth-order valence-electron chi connectivity index (χ4n) is 2.96. The van der Waals surface area contributed by atoms with Gasteiger partial charge in [0.25, 0.3) is 5.91 Å². The molecule has 154 valence electrons. The van der Waals surface area contributed by atoms with E-state index in [1.165, 1.54) is 0 Å². The van der Waals surface area contributed by atoms with Crippen molar-refractivity contribution in [2.24, 2.45) is 0 Å². The first kappa shape index (κ1) is 21.1. The molecule has 0 fully saturated rings. The molecule has 0 aliphatic carbocycles. The molecule has 0 saturated carbocycles. The molecule has 1 unspecified atom stereocenters. The molecule has 0 heterocycles. The third-order valence-electron chi connectivity index (χ3n) is 4.52. The zero-order valence-electron chi connectivity index (χ0n) is 16.9. The second-order valence-corrected chi connectivity index (χ2v) is 6.77. The van der Waals surface area contributed by atoms with Gasteiger partial charge in [-0.05, 0) is 42.3 Å². The van der Waals surface area contributed by atoms with Crippen molar-refractivity contribution in [3.63, 3.8) is 0 Å².